The summed E-state index contributed by atoms with van der Waals surface area (Å²) in [4.78, 5) is 2.42. The average molecular weight is 316 g/mol. The van der Waals surface area contributed by atoms with E-state index in [1.54, 1.807) is 15.8 Å². The fourth-order valence-corrected chi connectivity index (χ4v) is 5.87. The molecule has 1 N–H and O–H groups in total. The van der Waals surface area contributed by atoms with E-state index in [1.807, 2.05) is 0 Å². The number of fused-ring (bicyclic) bond motifs is 1. The zero-order valence-corrected chi connectivity index (χ0v) is 13.0. The normalized spacial score (nSPS) is 25.6. The first-order valence-corrected chi connectivity index (χ1v) is 9.35. The van der Waals surface area contributed by atoms with Crippen LogP contribution in [0.2, 0.25) is 0 Å². The summed E-state index contributed by atoms with van der Waals surface area (Å²) in [7, 11) is -3.39. The maximum Gasteiger partial charge on any atom is 0.252 e. The van der Waals surface area contributed by atoms with Gasteiger partial charge in [-0.1, -0.05) is 6.42 Å². The molecule has 0 spiro atoms. The van der Waals surface area contributed by atoms with Crippen LogP contribution in [0.3, 0.4) is 0 Å². The van der Waals surface area contributed by atoms with Crippen LogP contribution < -0.4 is 0 Å². The van der Waals surface area contributed by atoms with Crippen molar-refractivity contribution in [1.29, 1.82) is 0 Å². The third-order valence-corrected chi connectivity index (χ3v) is 7.54. The van der Waals surface area contributed by atoms with E-state index in [9.17, 15) is 8.42 Å². The standard InChI is InChI=1S/C13H20N2O3S2/c16-9-11-7-13(19-10-11)20(17,18)15-6-5-14-4-2-1-3-12(14)8-15/h7,10,12,16H,1-6,8-9H2. The molecule has 1 aromatic rings. The van der Waals surface area contributed by atoms with Crippen molar-refractivity contribution in [2.24, 2.45) is 0 Å². The van der Waals surface area contributed by atoms with Crippen LogP contribution in [0.1, 0.15) is 24.8 Å². The highest BCUT2D eigenvalue weighted by molar-refractivity contribution is 7.91. The highest BCUT2D eigenvalue weighted by Crippen LogP contribution is 2.28. The van der Waals surface area contributed by atoms with Crippen molar-refractivity contribution >= 4 is 21.4 Å². The zero-order chi connectivity index (χ0) is 14.2. The molecule has 1 atom stereocenters. The van der Waals surface area contributed by atoms with Crippen molar-refractivity contribution < 1.29 is 13.5 Å². The second-order valence-electron chi connectivity index (χ2n) is 5.48. The van der Waals surface area contributed by atoms with E-state index < -0.39 is 10.0 Å². The number of piperidine rings is 1. The fraction of sp³-hybridized carbons (Fsp3) is 0.692. The maximum atomic E-state index is 12.6. The van der Waals surface area contributed by atoms with Gasteiger partial charge in [0.15, 0.2) is 0 Å². The molecular formula is C13H20N2O3S2. The first-order chi connectivity index (χ1) is 9.61. The number of aliphatic hydroxyl groups is 1. The summed E-state index contributed by atoms with van der Waals surface area (Å²) in [5, 5.41) is 10.8. The van der Waals surface area contributed by atoms with Gasteiger partial charge in [0.1, 0.15) is 4.21 Å². The molecule has 3 rings (SSSR count). The summed E-state index contributed by atoms with van der Waals surface area (Å²) < 4.78 is 27.2. The highest BCUT2D eigenvalue weighted by Gasteiger charge is 2.35. The number of piperazine rings is 1. The Labute approximate surface area is 123 Å². The van der Waals surface area contributed by atoms with Crippen molar-refractivity contribution in [1.82, 2.24) is 9.21 Å². The molecule has 0 radical (unpaired) electrons. The van der Waals surface area contributed by atoms with Gasteiger partial charge >= 0.3 is 0 Å². The summed E-state index contributed by atoms with van der Waals surface area (Å²) in [6.45, 7) is 3.01. The van der Waals surface area contributed by atoms with Crippen LogP contribution in [0.15, 0.2) is 15.7 Å². The van der Waals surface area contributed by atoms with Gasteiger partial charge in [-0.15, -0.1) is 11.3 Å². The molecule has 1 unspecified atom stereocenters. The number of rotatable bonds is 3. The van der Waals surface area contributed by atoms with Crippen LogP contribution in [-0.2, 0) is 16.6 Å². The van der Waals surface area contributed by atoms with Crippen LogP contribution in [-0.4, -0.2) is 55.0 Å². The molecular weight excluding hydrogens is 296 g/mol. The predicted molar refractivity (Wildman–Crippen MR) is 78.2 cm³/mol. The average Bonchev–Trinajstić information content (AvgIpc) is 2.96. The van der Waals surface area contributed by atoms with Gasteiger partial charge in [-0.05, 0) is 36.4 Å². The second-order valence-corrected chi connectivity index (χ2v) is 8.56. The van der Waals surface area contributed by atoms with Crippen LogP contribution in [0.25, 0.3) is 0 Å². The second kappa shape index (κ2) is 5.73. The van der Waals surface area contributed by atoms with Gasteiger partial charge in [0.05, 0.1) is 6.61 Å². The van der Waals surface area contributed by atoms with Crippen molar-refractivity contribution in [3.63, 3.8) is 0 Å². The number of aliphatic hydroxyl groups excluding tert-OH is 1. The Bertz CT molecular complexity index is 570. The monoisotopic (exact) mass is 316 g/mol. The van der Waals surface area contributed by atoms with Crippen LogP contribution >= 0.6 is 11.3 Å². The lowest BCUT2D eigenvalue weighted by Crippen LogP contribution is -2.55. The number of nitrogens with zero attached hydrogens (tertiary/aromatic N) is 2. The molecule has 2 fully saturated rings. The molecule has 0 bridgehead atoms. The number of sulfonamides is 1. The van der Waals surface area contributed by atoms with E-state index in [0.29, 0.717) is 28.9 Å². The molecule has 2 aliphatic rings. The number of hydrogen-bond acceptors (Lipinski definition) is 5. The topological polar surface area (TPSA) is 60.9 Å². The summed E-state index contributed by atoms with van der Waals surface area (Å²) in [6.07, 6.45) is 3.52. The van der Waals surface area contributed by atoms with E-state index in [1.165, 1.54) is 24.2 Å². The quantitative estimate of drug-likeness (QED) is 0.907. The van der Waals surface area contributed by atoms with E-state index in [2.05, 4.69) is 4.90 Å². The first-order valence-electron chi connectivity index (χ1n) is 7.04. The molecule has 2 aliphatic heterocycles. The molecule has 3 heterocycles. The fourth-order valence-electron chi connectivity index (χ4n) is 3.04. The zero-order valence-electron chi connectivity index (χ0n) is 11.4. The molecule has 7 heteroatoms. The van der Waals surface area contributed by atoms with E-state index in [4.69, 9.17) is 5.11 Å². The maximum absolute atomic E-state index is 12.6. The predicted octanol–water partition coefficient (Wildman–Crippen LogP) is 1.10. The van der Waals surface area contributed by atoms with Crippen LogP contribution in [0.5, 0.6) is 0 Å². The molecule has 2 saturated heterocycles. The lowest BCUT2D eigenvalue weighted by Gasteiger charge is -2.43. The number of thiophene rings is 1. The van der Waals surface area contributed by atoms with Gasteiger partial charge in [-0.25, -0.2) is 8.42 Å². The third-order valence-electron chi connectivity index (χ3n) is 4.21. The lowest BCUT2D eigenvalue weighted by atomic mass is 10.0. The molecule has 0 aliphatic carbocycles. The molecule has 5 nitrogen and oxygen atoms in total. The highest BCUT2D eigenvalue weighted by atomic mass is 32.2. The van der Waals surface area contributed by atoms with Gasteiger partial charge in [0.2, 0.25) is 0 Å². The Morgan fingerprint density at radius 2 is 2.15 bits per heavy atom. The van der Waals surface area contributed by atoms with E-state index in [-0.39, 0.29) is 6.61 Å². The Kier molecular flexibility index (Phi) is 4.14. The van der Waals surface area contributed by atoms with Gasteiger partial charge in [-0.3, -0.25) is 4.90 Å². The third kappa shape index (κ3) is 2.65. The van der Waals surface area contributed by atoms with Gasteiger partial charge in [-0.2, -0.15) is 4.31 Å². The van der Waals surface area contributed by atoms with E-state index in [0.717, 1.165) is 19.5 Å². The van der Waals surface area contributed by atoms with Crippen LogP contribution in [0.4, 0.5) is 0 Å². The summed E-state index contributed by atoms with van der Waals surface area (Å²) in [5.41, 5.74) is 0.671. The summed E-state index contributed by atoms with van der Waals surface area (Å²) in [6, 6.07) is 1.97. The Balaban J connectivity index is 1.77. The largest absolute Gasteiger partial charge is 0.392 e. The smallest absolute Gasteiger partial charge is 0.252 e. The molecule has 0 amide bonds. The Morgan fingerprint density at radius 1 is 1.30 bits per heavy atom. The van der Waals surface area contributed by atoms with Gasteiger partial charge in [0.25, 0.3) is 10.0 Å². The molecule has 112 valence electrons. The summed E-state index contributed by atoms with van der Waals surface area (Å²) in [5.74, 6) is 0. The molecule has 20 heavy (non-hydrogen) atoms. The van der Waals surface area contributed by atoms with E-state index >= 15 is 0 Å². The van der Waals surface area contributed by atoms with Crippen molar-refractivity contribution in [2.45, 2.75) is 36.1 Å². The number of hydrogen-bond donors (Lipinski definition) is 1. The minimum absolute atomic E-state index is 0.109. The molecule has 0 aromatic carbocycles. The first kappa shape index (κ1) is 14.5. The molecule has 0 saturated carbocycles. The van der Waals surface area contributed by atoms with Gasteiger partial charge < -0.3 is 5.11 Å². The molecule has 1 aromatic heterocycles. The minimum atomic E-state index is -3.39. The Hall–Kier alpha value is -0.470. The summed E-state index contributed by atoms with van der Waals surface area (Å²) >= 11 is 1.20. The van der Waals surface area contributed by atoms with Crippen LogP contribution in [0, 0.1) is 0 Å². The van der Waals surface area contributed by atoms with Gasteiger partial charge in [0, 0.05) is 25.7 Å². The van der Waals surface area contributed by atoms with Crippen molar-refractivity contribution in [3.8, 4) is 0 Å². The van der Waals surface area contributed by atoms with Crippen molar-refractivity contribution in [2.75, 3.05) is 26.2 Å². The SMILES string of the molecule is O=S(=O)(c1cc(CO)cs1)N1CCN2CCCCC2C1. The van der Waals surface area contributed by atoms with Crippen molar-refractivity contribution in [3.05, 3.63) is 17.0 Å². The Morgan fingerprint density at radius 3 is 2.90 bits per heavy atom. The lowest BCUT2D eigenvalue weighted by molar-refractivity contribution is 0.0852. The minimum Gasteiger partial charge on any atom is -0.392 e.